The summed E-state index contributed by atoms with van der Waals surface area (Å²) in [5.74, 6) is -1.83. The summed E-state index contributed by atoms with van der Waals surface area (Å²) in [5.41, 5.74) is 8.02. The molecule has 0 radical (unpaired) electrons. The molecule has 0 atom stereocenters. The van der Waals surface area contributed by atoms with Gasteiger partial charge in [-0.2, -0.15) is 0 Å². The van der Waals surface area contributed by atoms with Gasteiger partial charge in [0.15, 0.2) is 5.79 Å². The summed E-state index contributed by atoms with van der Waals surface area (Å²) in [6.07, 6.45) is 6.65. The van der Waals surface area contributed by atoms with Crippen LogP contribution in [0.4, 0.5) is 0 Å². The lowest BCUT2D eigenvalue weighted by atomic mass is 9.89. The Kier molecular flexibility index (Phi) is 9.00. The molecule has 0 aromatic heterocycles. The third kappa shape index (κ3) is 5.97. The highest BCUT2D eigenvalue weighted by atomic mass is 16.7. The minimum atomic E-state index is -0.660. The Labute approximate surface area is 230 Å². The van der Waals surface area contributed by atoms with E-state index < -0.39 is 17.7 Å². The Hall–Kier alpha value is -3.74. The smallest absolute Gasteiger partial charge is 0.338 e. The van der Waals surface area contributed by atoms with Gasteiger partial charge in [0.25, 0.3) is 0 Å². The molecule has 3 aromatic rings. The second-order valence-corrected chi connectivity index (χ2v) is 9.62. The Balaban J connectivity index is 1.69. The average Bonchev–Trinajstić information content (AvgIpc) is 3.46. The minimum Gasteiger partial charge on any atom is -0.465 e. The molecular weight excluding hydrogens is 492 g/mol. The molecule has 0 amide bonds. The second kappa shape index (κ2) is 12.4. The molecule has 1 heterocycles. The van der Waals surface area contributed by atoms with Crippen molar-refractivity contribution >= 4 is 24.1 Å². The number of methoxy groups -OCH3 is 2. The van der Waals surface area contributed by atoms with E-state index in [1.807, 2.05) is 12.2 Å². The SMILES string of the molecule is CCCc1cc(C2(CC)OCCO2)ccc1-c1cc(/C=C\c2ccc(C(=O)OC)c(C(=O)OC)c2)ccc1C. The van der Waals surface area contributed by atoms with Crippen LogP contribution in [0.5, 0.6) is 0 Å². The first kappa shape index (κ1) is 28.3. The summed E-state index contributed by atoms with van der Waals surface area (Å²) < 4.78 is 21.8. The molecule has 6 nitrogen and oxygen atoms in total. The zero-order chi connectivity index (χ0) is 28.0. The number of rotatable bonds is 9. The second-order valence-electron chi connectivity index (χ2n) is 9.62. The summed E-state index contributed by atoms with van der Waals surface area (Å²) in [4.78, 5) is 24.4. The highest BCUT2D eigenvalue weighted by Crippen LogP contribution is 2.38. The van der Waals surface area contributed by atoms with E-state index in [4.69, 9.17) is 18.9 Å². The Morgan fingerprint density at radius 3 is 2.10 bits per heavy atom. The quantitative estimate of drug-likeness (QED) is 0.221. The highest BCUT2D eigenvalue weighted by Gasteiger charge is 2.37. The largest absolute Gasteiger partial charge is 0.465 e. The molecular formula is C33H36O6. The lowest BCUT2D eigenvalue weighted by Gasteiger charge is -2.27. The molecule has 0 bridgehead atoms. The van der Waals surface area contributed by atoms with Gasteiger partial charge < -0.3 is 18.9 Å². The molecule has 0 N–H and O–H groups in total. The number of hydrogen-bond acceptors (Lipinski definition) is 6. The van der Waals surface area contributed by atoms with Crippen LogP contribution in [0.2, 0.25) is 0 Å². The number of aryl methyl sites for hydroxylation is 2. The molecule has 0 aliphatic carbocycles. The van der Waals surface area contributed by atoms with E-state index in [0.29, 0.717) is 13.2 Å². The van der Waals surface area contributed by atoms with Crippen LogP contribution in [-0.4, -0.2) is 39.4 Å². The Bertz CT molecular complexity index is 1380. The zero-order valence-corrected chi connectivity index (χ0v) is 23.3. The molecule has 6 heteroatoms. The van der Waals surface area contributed by atoms with Crippen LogP contribution in [0.25, 0.3) is 23.3 Å². The molecule has 1 aliphatic heterocycles. The van der Waals surface area contributed by atoms with E-state index in [9.17, 15) is 9.59 Å². The molecule has 0 unspecified atom stereocenters. The van der Waals surface area contributed by atoms with Gasteiger partial charge in [0.2, 0.25) is 0 Å². The number of esters is 2. The van der Waals surface area contributed by atoms with E-state index >= 15 is 0 Å². The van der Waals surface area contributed by atoms with Crippen LogP contribution in [0.3, 0.4) is 0 Å². The molecule has 0 spiro atoms. The van der Waals surface area contributed by atoms with Gasteiger partial charge >= 0.3 is 11.9 Å². The lowest BCUT2D eigenvalue weighted by molar-refractivity contribution is -0.167. The topological polar surface area (TPSA) is 71.1 Å². The fourth-order valence-electron chi connectivity index (χ4n) is 5.06. The van der Waals surface area contributed by atoms with E-state index in [1.165, 1.54) is 36.5 Å². The minimum absolute atomic E-state index is 0.167. The monoisotopic (exact) mass is 528 g/mol. The van der Waals surface area contributed by atoms with Crippen molar-refractivity contribution < 1.29 is 28.5 Å². The summed E-state index contributed by atoms with van der Waals surface area (Å²) in [6.45, 7) is 7.62. The van der Waals surface area contributed by atoms with Crippen LogP contribution in [0.1, 0.15) is 75.2 Å². The van der Waals surface area contributed by atoms with Crippen molar-refractivity contribution in [2.75, 3.05) is 27.4 Å². The average molecular weight is 529 g/mol. The van der Waals surface area contributed by atoms with Crippen LogP contribution >= 0.6 is 0 Å². The number of benzene rings is 3. The highest BCUT2D eigenvalue weighted by molar-refractivity contribution is 6.03. The molecule has 39 heavy (non-hydrogen) atoms. The van der Waals surface area contributed by atoms with Crippen molar-refractivity contribution in [3.63, 3.8) is 0 Å². The molecule has 1 fully saturated rings. The first-order valence-electron chi connectivity index (χ1n) is 13.4. The van der Waals surface area contributed by atoms with Crippen LogP contribution in [0.15, 0.2) is 54.6 Å². The normalized spacial score (nSPS) is 14.5. The molecule has 0 saturated carbocycles. The molecule has 1 saturated heterocycles. The van der Waals surface area contributed by atoms with Gasteiger partial charge in [0, 0.05) is 12.0 Å². The van der Waals surface area contributed by atoms with Gasteiger partial charge in [-0.05, 0) is 71.0 Å². The van der Waals surface area contributed by atoms with Gasteiger partial charge in [-0.3, -0.25) is 0 Å². The number of ether oxygens (including phenoxy) is 4. The van der Waals surface area contributed by atoms with Crippen molar-refractivity contribution in [2.45, 2.75) is 45.8 Å². The fraction of sp³-hybridized carbons (Fsp3) is 0.333. The van der Waals surface area contributed by atoms with Crippen molar-refractivity contribution in [3.05, 3.63) is 93.5 Å². The van der Waals surface area contributed by atoms with Crippen LogP contribution in [0, 0.1) is 6.92 Å². The van der Waals surface area contributed by atoms with Gasteiger partial charge in [-0.25, -0.2) is 9.59 Å². The van der Waals surface area contributed by atoms with E-state index in [2.05, 4.69) is 57.2 Å². The first-order valence-corrected chi connectivity index (χ1v) is 13.4. The summed E-state index contributed by atoms with van der Waals surface area (Å²) in [5, 5.41) is 0. The standard InChI is InChI=1S/C33H36O6/c1-6-8-25-21-26(33(7-2)38-17-18-39-33)14-16-27(25)29-19-23(10-9-22(29)3)11-12-24-13-15-28(31(34)36-4)30(20-24)32(35)37-5/h9-16,19-21H,6-8,17-18H2,1-5H3/b12-11-. The van der Waals surface area contributed by atoms with E-state index in [-0.39, 0.29) is 11.1 Å². The van der Waals surface area contributed by atoms with Gasteiger partial charge in [-0.1, -0.05) is 62.8 Å². The van der Waals surface area contributed by atoms with Crippen molar-refractivity contribution in [1.82, 2.24) is 0 Å². The molecule has 204 valence electrons. The third-order valence-electron chi connectivity index (χ3n) is 7.16. The van der Waals surface area contributed by atoms with E-state index in [0.717, 1.165) is 36.0 Å². The summed E-state index contributed by atoms with van der Waals surface area (Å²) in [6, 6.07) is 17.9. The lowest BCUT2D eigenvalue weighted by Crippen LogP contribution is -2.26. The molecule has 3 aromatic carbocycles. The van der Waals surface area contributed by atoms with Gasteiger partial charge in [-0.15, -0.1) is 0 Å². The van der Waals surface area contributed by atoms with E-state index in [1.54, 1.807) is 18.2 Å². The fourth-order valence-corrected chi connectivity index (χ4v) is 5.06. The van der Waals surface area contributed by atoms with Crippen molar-refractivity contribution in [2.24, 2.45) is 0 Å². The first-order chi connectivity index (χ1) is 18.9. The van der Waals surface area contributed by atoms with Crippen LogP contribution < -0.4 is 0 Å². The maximum Gasteiger partial charge on any atom is 0.338 e. The predicted molar refractivity (Wildman–Crippen MR) is 153 cm³/mol. The number of carbonyl (C=O) groups is 2. The zero-order valence-electron chi connectivity index (χ0n) is 23.3. The number of hydrogen-bond donors (Lipinski definition) is 0. The van der Waals surface area contributed by atoms with Crippen molar-refractivity contribution in [3.8, 4) is 11.1 Å². The summed E-state index contributed by atoms with van der Waals surface area (Å²) in [7, 11) is 2.57. The molecule has 1 aliphatic rings. The Morgan fingerprint density at radius 1 is 0.821 bits per heavy atom. The predicted octanol–water partition coefficient (Wildman–Crippen LogP) is 6.97. The van der Waals surface area contributed by atoms with Gasteiger partial charge in [0.1, 0.15) is 0 Å². The molecule has 4 rings (SSSR count). The third-order valence-corrected chi connectivity index (χ3v) is 7.16. The summed E-state index contributed by atoms with van der Waals surface area (Å²) >= 11 is 0. The van der Waals surface area contributed by atoms with Crippen molar-refractivity contribution in [1.29, 1.82) is 0 Å². The number of carbonyl (C=O) groups excluding carboxylic acids is 2. The maximum absolute atomic E-state index is 12.3. The van der Waals surface area contributed by atoms with Gasteiger partial charge in [0.05, 0.1) is 38.6 Å². The maximum atomic E-state index is 12.3. The van der Waals surface area contributed by atoms with Crippen LogP contribution in [-0.2, 0) is 31.2 Å². The Morgan fingerprint density at radius 2 is 1.46 bits per heavy atom.